The summed E-state index contributed by atoms with van der Waals surface area (Å²) in [4.78, 5) is 3.90. The molecule has 0 fully saturated rings. The average Bonchev–Trinajstić information content (AvgIpc) is 3.03. The molecule has 0 aliphatic heterocycles. The number of hydrogen-bond donors (Lipinski definition) is 6. The first-order chi connectivity index (χ1) is 24.6. The van der Waals surface area contributed by atoms with E-state index in [0.29, 0.717) is 6.07 Å². The summed E-state index contributed by atoms with van der Waals surface area (Å²) in [6, 6.07) is 12.2. The lowest BCUT2D eigenvalue weighted by Gasteiger charge is -2.12. The normalized spacial score (nSPS) is 12.9. The Balaban J connectivity index is 1.65. The third kappa shape index (κ3) is 9.90. The largest absolute Gasteiger partial charge is 0.368 e. The zero-order valence-corrected chi connectivity index (χ0v) is 29.0. The first-order valence-corrected chi connectivity index (χ1v) is 19.8. The zero-order chi connectivity index (χ0) is 38.9. The van der Waals surface area contributed by atoms with Crippen LogP contribution in [0.5, 0.6) is 0 Å². The molecule has 0 aliphatic rings. The van der Waals surface area contributed by atoms with Gasteiger partial charge in [0.05, 0.1) is 16.3 Å². The van der Waals surface area contributed by atoms with E-state index in [1.54, 1.807) is 0 Å². The minimum atomic E-state index is -5.20. The van der Waals surface area contributed by atoms with Crippen molar-refractivity contribution < 1.29 is 60.7 Å². The molecule has 1 aromatic heterocycles. The van der Waals surface area contributed by atoms with E-state index >= 15 is 0 Å². The summed E-state index contributed by atoms with van der Waals surface area (Å²) in [5.41, 5.74) is -1.75. The number of halogens is 2. The molecule has 0 saturated heterocycles. The van der Waals surface area contributed by atoms with Crippen LogP contribution in [0.25, 0.3) is 10.8 Å². The molecule has 0 spiro atoms. The molecule has 5 aromatic rings. The van der Waals surface area contributed by atoms with Crippen LogP contribution >= 0.6 is 0 Å². The molecule has 0 bridgehead atoms. The summed E-state index contributed by atoms with van der Waals surface area (Å²) >= 11 is 0. The van der Waals surface area contributed by atoms with Crippen molar-refractivity contribution in [2.75, 3.05) is 16.5 Å². The summed E-state index contributed by atoms with van der Waals surface area (Å²) in [7, 11) is -19.4. The summed E-state index contributed by atoms with van der Waals surface area (Å²) < 4.78 is 160. The first-order valence-electron chi connectivity index (χ1n) is 13.8. The van der Waals surface area contributed by atoms with Crippen LogP contribution in [0.4, 0.5) is 48.7 Å². The van der Waals surface area contributed by atoms with Crippen molar-refractivity contribution in [3.63, 3.8) is 0 Å². The highest BCUT2D eigenvalue weighted by Crippen LogP contribution is 2.41. The fourth-order valence-electron chi connectivity index (χ4n) is 4.42. The van der Waals surface area contributed by atoms with Crippen molar-refractivity contribution in [3.8, 4) is 0 Å². The second kappa shape index (κ2) is 14.5. The average molecular weight is 815 g/mol. The number of fused-ring (bicyclic) bond motifs is 1. The fourth-order valence-corrected chi connectivity index (χ4v) is 6.48. The van der Waals surface area contributed by atoms with Gasteiger partial charge < -0.3 is 10.6 Å². The Morgan fingerprint density at radius 2 is 1.28 bits per heavy atom. The van der Waals surface area contributed by atoms with Gasteiger partial charge in [0.15, 0.2) is 0 Å². The molecule has 278 valence electrons. The van der Waals surface area contributed by atoms with Crippen molar-refractivity contribution in [1.82, 2.24) is 9.97 Å². The molecule has 1 heterocycles. The van der Waals surface area contributed by atoms with Gasteiger partial charge in [-0.25, -0.2) is 0 Å². The van der Waals surface area contributed by atoms with E-state index in [4.69, 9.17) is 0 Å². The number of azo groups is 2. The van der Waals surface area contributed by atoms with Crippen LogP contribution in [0.2, 0.25) is 0 Å². The fraction of sp³-hybridized carbons (Fsp3) is 0.0370. The van der Waals surface area contributed by atoms with Crippen LogP contribution in [0.3, 0.4) is 0 Å². The van der Waals surface area contributed by atoms with Gasteiger partial charge in [-0.05, 0) is 66.0 Å². The van der Waals surface area contributed by atoms with Crippen molar-refractivity contribution in [2.24, 2.45) is 20.5 Å². The Morgan fingerprint density at radius 3 is 1.87 bits per heavy atom. The maximum Gasteiger partial charge on any atom is 0.313 e. The third-order valence-corrected chi connectivity index (χ3v) is 9.80. The standard InChI is InChI=1S/C27H20F2N8O12S4/c28-24-12-25(33-27(29)32-24)31-16-4-8-22(52(44,45)46)21(10-16)36-35-20-9-14-1-7-19(30-13-50(38,39)40)26(18(14)11-23(20)53(47,48)49)37-34-15-2-5-17(6-3-15)51(41,42)43/h1-12,30H,13H2,(H,31,32,33)(H,38,39,40)(H,41,42,43)(H,44,45,46)(H,47,48,49). The molecule has 0 unspecified atom stereocenters. The molecule has 4 aromatic carbocycles. The predicted octanol–water partition coefficient (Wildman–Crippen LogP) is 5.48. The lowest BCUT2D eigenvalue weighted by atomic mass is 10.1. The summed E-state index contributed by atoms with van der Waals surface area (Å²) in [5, 5.41) is 20.3. The van der Waals surface area contributed by atoms with Gasteiger partial charge in [0.1, 0.15) is 38.5 Å². The van der Waals surface area contributed by atoms with E-state index in [1.165, 1.54) is 12.1 Å². The zero-order valence-electron chi connectivity index (χ0n) is 25.8. The van der Waals surface area contributed by atoms with Gasteiger partial charge in [-0.3, -0.25) is 18.2 Å². The first kappa shape index (κ1) is 38.7. The van der Waals surface area contributed by atoms with Gasteiger partial charge in [-0.1, -0.05) is 6.07 Å². The summed E-state index contributed by atoms with van der Waals surface area (Å²) in [6.07, 6.45) is -1.43. The number of anilines is 3. The lowest BCUT2D eigenvalue weighted by molar-refractivity contribution is 0.481. The third-order valence-electron chi connectivity index (χ3n) is 6.64. The Morgan fingerprint density at radius 1 is 0.642 bits per heavy atom. The smallest absolute Gasteiger partial charge is 0.313 e. The second-order valence-corrected chi connectivity index (χ2v) is 16.0. The maximum absolute atomic E-state index is 13.6. The Bertz CT molecular complexity index is 2770. The Kier molecular flexibility index (Phi) is 10.6. The number of rotatable bonds is 12. The number of nitrogens with zero attached hydrogens (tertiary/aromatic N) is 6. The lowest BCUT2D eigenvalue weighted by Crippen LogP contribution is -2.13. The highest BCUT2D eigenvalue weighted by molar-refractivity contribution is 7.86. The van der Waals surface area contributed by atoms with E-state index in [9.17, 15) is 60.7 Å². The van der Waals surface area contributed by atoms with Gasteiger partial charge in [-0.2, -0.15) is 57.5 Å². The van der Waals surface area contributed by atoms with Crippen molar-refractivity contribution >= 4 is 91.2 Å². The van der Waals surface area contributed by atoms with Crippen LogP contribution in [0, 0.1) is 12.0 Å². The molecule has 26 heteroatoms. The minimum absolute atomic E-state index is 0.00287. The molecule has 20 nitrogen and oxygen atoms in total. The Hall–Kier alpha value is -5.48. The van der Waals surface area contributed by atoms with Gasteiger partial charge in [0, 0.05) is 17.1 Å². The molecule has 0 aliphatic carbocycles. The highest BCUT2D eigenvalue weighted by Gasteiger charge is 2.22. The second-order valence-electron chi connectivity index (χ2n) is 10.4. The molecule has 0 atom stereocenters. The molecular weight excluding hydrogens is 795 g/mol. The molecular formula is C27H20F2N8O12S4. The van der Waals surface area contributed by atoms with Crippen LogP contribution in [0.15, 0.2) is 108 Å². The molecule has 6 N–H and O–H groups in total. The molecule has 5 rings (SSSR count). The maximum atomic E-state index is 13.6. The minimum Gasteiger partial charge on any atom is -0.368 e. The van der Waals surface area contributed by atoms with Crippen molar-refractivity contribution in [3.05, 3.63) is 84.8 Å². The van der Waals surface area contributed by atoms with Crippen LogP contribution in [-0.2, 0) is 40.5 Å². The van der Waals surface area contributed by atoms with Crippen LogP contribution in [0.1, 0.15) is 0 Å². The van der Waals surface area contributed by atoms with Gasteiger partial charge in [-0.15, -0.1) is 15.3 Å². The van der Waals surface area contributed by atoms with Crippen molar-refractivity contribution in [1.29, 1.82) is 0 Å². The molecule has 0 amide bonds. The SMILES string of the molecule is O=S(=O)(O)CNc1ccc2cc(N=Nc3cc(Nc4cc(F)nc(F)n4)ccc3S(=O)(=O)O)c(S(=O)(=O)O)cc2c1N=Nc1ccc(S(=O)(=O)O)cc1. The van der Waals surface area contributed by atoms with E-state index < -0.39 is 90.3 Å². The number of nitrogens with one attached hydrogen (secondary N) is 2. The van der Waals surface area contributed by atoms with Crippen LogP contribution < -0.4 is 10.6 Å². The highest BCUT2D eigenvalue weighted by atomic mass is 32.2. The van der Waals surface area contributed by atoms with Gasteiger partial charge in [0.25, 0.3) is 40.5 Å². The van der Waals surface area contributed by atoms with E-state index in [0.717, 1.165) is 54.6 Å². The number of benzene rings is 4. The number of hydrogen-bond acceptors (Lipinski definition) is 16. The van der Waals surface area contributed by atoms with Gasteiger partial charge in [0.2, 0.25) is 5.95 Å². The molecule has 53 heavy (non-hydrogen) atoms. The van der Waals surface area contributed by atoms with Gasteiger partial charge >= 0.3 is 6.08 Å². The monoisotopic (exact) mass is 814 g/mol. The Labute approximate surface area is 297 Å². The summed E-state index contributed by atoms with van der Waals surface area (Å²) in [5.74, 6) is -2.70. The van der Waals surface area contributed by atoms with E-state index in [1.807, 2.05) is 0 Å². The molecule has 0 radical (unpaired) electrons. The van der Waals surface area contributed by atoms with Crippen molar-refractivity contribution in [2.45, 2.75) is 14.7 Å². The van der Waals surface area contributed by atoms with Crippen LogP contribution in [-0.4, -0.2) is 67.7 Å². The number of aromatic nitrogens is 2. The molecule has 0 saturated carbocycles. The topological polar surface area (TPSA) is 317 Å². The van der Waals surface area contributed by atoms with E-state index in [2.05, 4.69) is 41.1 Å². The summed E-state index contributed by atoms with van der Waals surface area (Å²) in [6.45, 7) is 0. The predicted molar refractivity (Wildman–Crippen MR) is 180 cm³/mol. The quantitative estimate of drug-likeness (QED) is 0.0393. The van der Waals surface area contributed by atoms with E-state index in [-0.39, 0.29) is 33.5 Å².